The van der Waals surface area contributed by atoms with E-state index in [2.05, 4.69) is 43.4 Å². The van der Waals surface area contributed by atoms with Crippen LogP contribution in [0, 0.1) is 3.57 Å². The van der Waals surface area contributed by atoms with Crippen LogP contribution in [0.15, 0.2) is 42.5 Å². The Labute approximate surface area is 139 Å². The lowest BCUT2D eigenvalue weighted by Crippen LogP contribution is -2.13. The van der Waals surface area contributed by atoms with E-state index >= 15 is 0 Å². The number of ether oxygens (including phenoxy) is 1. The summed E-state index contributed by atoms with van der Waals surface area (Å²) in [6.45, 7) is 6.40. The third-order valence-electron chi connectivity index (χ3n) is 3.42. The molecule has 2 rings (SSSR count). The number of carbonyl (C=O) groups is 1. The molecule has 2 nitrogen and oxygen atoms in total. The summed E-state index contributed by atoms with van der Waals surface area (Å²) >= 11 is 2.23. The van der Waals surface area contributed by atoms with Crippen molar-refractivity contribution in [2.45, 2.75) is 26.2 Å². The summed E-state index contributed by atoms with van der Waals surface area (Å²) < 4.78 is 6.47. The molecule has 0 unspecified atom stereocenters. The van der Waals surface area contributed by atoms with Crippen LogP contribution in [0.2, 0.25) is 0 Å². The lowest BCUT2D eigenvalue weighted by atomic mass is 9.85. The molecule has 0 aliphatic rings. The number of rotatable bonds is 3. The molecule has 0 N–H and O–H groups in total. The van der Waals surface area contributed by atoms with Crippen molar-refractivity contribution in [3.05, 3.63) is 62.7 Å². The Morgan fingerprint density at radius 2 is 1.67 bits per heavy atom. The quantitative estimate of drug-likeness (QED) is 0.551. The molecule has 0 amide bonds. The first-order chi connectivity index (χ1) is 9.82. The van der Waals surface area contributed by atoms with Gasteiger partial charge in [0.05, 0.1) is 12.7 Å². The molecule has 0 bridgehead atoms. The highest BCUT2D eigenvalue weighted by Gasteiger charge is 2.20. The predicted molar refractivity (Wildman–Crippen MR) is 94.3 cm³/mol. The number of hydrogen-bond donors (Lipinski definition) is 0. The van der Waals surface area contributed by atoms with Crippen LogP contribution in [-0.2, 0) is 5.41 Å². The summed E-state index contributed by atoms with van der Waals surface area (Å²) in [5, 5.41) is 0. The van der Waals surface area contributed by atoms with E-state index in [0.717, 1.165) is 9.13 Å². The lowest BCUT2D eigenvalue weighted by Gasteiger charge is -2.20. The molecule has 110 valence electrons. The summed E-state index contributed by atoms with van der Waals surface area (Å²) in [7, 11) is 1.59. The van der Waals surface area contributed by atoms with Crippen LogP contribution in [0.3, 0.4) is 0 Å². The molecule has 0 saturated carbocycles. The van der Waals surface area contributed by atoms with Gasteiger partial charge in [0.1, 0.15) is 5.75 Å². The molecule has 0 aromatic heterocycles. The van der Waals surface area contributed by atoms with Gasteiger partial charge in [-0.25, -0.2) is 0 Å². The monoisotopic (exact) mass is 394 g/mol. The van der Waals surface area contributed by atoms with E-state index in [4.69, 9.17) is 4.74 Å². The number of methoxy groups -OCH3 is 1. The zero-order valence-electron chi connectivity index (χ0n) is 12.7. The van der Waals surface area contributed by atoms with E-state index in [-0.39, 0.29) is 11.2 Å². The second-order valence-corrected chi connectivity index (χ2v) is 7.25. The third-order valence-corrected chi connectivity index (χ3v) is 4.14. The second kappa shape index (κ2) is 6.18. The third kappa shape index (κ3) is 3.64. The Hall–Kier alpha value is -1.36. The molecule has 0 fully saturated rings. The highest BCUT2D eigenvalue weighted by atomic mass is 127. The van der Waals surface area contributed by atoms with Gasteiger partial charge < -0.3 is 4.74 Å². The normalized spacial score (nSPS) is 11.3. The number of benzene rings is 2. The van der Waals surface area contributed by atoms with Crippen LogP contribution in [0.25, 0.3) is 0 Å². The minimum atomic E-state index is -0.00658. The molecule has 0 aliphatic heterocycles. The highest BCUT2D eigenvalue weighted by Crippen LogP contribution is 2.29. The molecule has 0 atom stereocenters. The molecule has 3 heteroatoms. The maximum Gasteiger partial charge on any atom is 0.196 e. The average molecular weight is 394 g/mol. The molecule has 0 spiro atoms. The molecule has 2 aromatic carbocycles. The summed E-state index contributed by atoms with van der Waals surface area (Å²) in [5.74, 6) is 0.612. The van der Waals surface area contributed by atoms with Crippen molar-refractivity contribution in [1.29, 1.82) is 0 Å². The van der Waals surface area contributed by atoms with Crippen LogP contribution in [-0.4, -0.2) is 12.9 Å². The van der Waals surface area contributed by atoms with Crippen molar-refractivity contribution in [2.75, 3.05) is 7.11 Å². The number of carbonyl (C=O) groups excluding carboxylic acids is 1. The van der Waals surface area contributed by atoms with E-state index in [1.807, 2.05) is 42.5 Å². The van der Waals surface area contributed by atoms with Crippen molar-refractivity contribution in [2.24, 2.45) is 0 Å². The topological polar surface area (TPSA) is 26.3 Å². The number of ketones is 1. The molecular weight excluding hydrogens is 375 g/mol. The van der Waals surface area contributed by atoms with Gasteiger partial charge in [0, 0.05) is 9.13 Å². The van der Waals surface area contributed by atoms with Gasteiger partial charge in [0.15, 0.2) is 5.78 Å². The maximum absolute atomic E-state index is 12.7. The minimum absolute atomic E-state index is 0.00523. The zero-order chi connectivity index (χ0) is 15.6. The Morgan fingerprint density at radius 1 is 1.05 bits per heavy atom. The van der Waals surface area contributed by atoms with Crippen molar-refractivity contribution in [3.63, 3.8) is 0 Å². The van der Waals surface area contributed by atoms with Crippen LogP contribution in [0.5, 0.6) is 5.75 Å². The van der Waals surface area contributed by atoms with Crippen molar-refractivity contribution in [3.8, 4) is 5.75 Å². The standard InChI is InChI=1S/C18H19IO2/c1-18(2,3)13-7-10-16(21-4)15(11-13)17(20)12-5-8-14(19)9-6-12/h5-11H,1-4H3. The molecule has 21 heavy (non-hydrogen) atoms. The van der Waals surface area contributed by atoms with Gasteiger partial charge in [-0.05, 0) is 70.0 Å². The van der Waals surface area contributed by atoms with Gasteiger partial charge in [-0.1, -0.05) is 26.8 Å². The van der Waals surface area contributed by atoms with Crippen molar-refractivity contribution < 1.29 is 9.53 Å². The first kappa shape index (κ1) is 16.0. The Kier molecular flexibility index (Phi) is 4.71. The lowest BCUT2D eigenvalue weighted by molar-refractivity contribution is 0.103. The largest absolute Gasteiger partial charge is 0.496 e. The van der Waals surface area contributed by atoms with E-state index in [1.165, 1.54) is 0 Å². The Balaban J connectivity index is 2.50. The molecule has 2 aromatic rings. The van der Waals surface area contributed by atoms with Crippen LogP contribution >= 0.6 is 22.6 Å². The fourth-order valence-electron chi connectivity index (χ4n) is 2.11. The highest BCUT2D eigenvalue weighted by molar-refractivity contribution is 14.1. The van der Waals surface area contributed by atoms with Gasteiger partial charge in [0.25, 0.3) is 0 Å². The van der Waals surface area contributed by atoms with Crippen LogP contribution in [0.1, 0.15) is 42.3 Å². The number of hydrogen-bond acceptors (Lipinski definition) is 2. The SMILES string of the molecule is COc1ccc(C(C)(C)C)cc1C(=O)c1ccc(I)cc1. The molecule has 0 heterocycles. The molecule has 0 saturated heterocycles. The summed E-state index contributed by atoms with van der Waals surface area (Å²) in [5.41, 5.74) is 2.41. The summed E-state index contributed by atoms with van der Waals surface area (Å²) in [6, 6.07) is 13.4. The Bertz CT molecular complexity index is 652. The second-order valence-electron chi connectivity index (χ2n) is 6.00. The Morgan fingerprint density at radius 3 is 2.19 bits per heavy atom. The van der Waals surface area contributed by atoms with Crippen LogP contribution in [0.4, 0.5) is 0 Å². The van der Waals surface area contributed by atoms with Gasteiger partial charge in [-0.3, -0.25) is 4.79 Å². The fourth-order valence-corrected chi connectivity index (χ4v) is 2.47. The molecule has 0 aliphatic carbocycles. The minimum Gasteiger partial charge on any atom is -0.496 e. The van der Waals surface area contributed by atoms with Crippen molar-refractivity contribution >= 4 is 28.4 Å². The van der Waals surface area contributed by atoms with E-state index in [1.54, 1.807) is 7.11 Å². The zero-order valence-corrected chi connectivity index (χ0v) is 14.9. The van der Waals surface area contributed by atoms with Crippen LogP contribution < -0.4 is 4.74 Å². The first-order valence-electron chi connectivity index (χ1n) is 6.81. The summed E-state index contributed by atoms with van der Waals surface area (Å²) in [6.07, 6.45) is 0. The summed E-state index contributed by atoms with van der Waals surface area (Å²) in [4.78, 5) is 12.7. The first-order valence-corrected chi connectivity index (χ1v) is 7.89. The van der Waals surface area contributed by atoms with Gasteiger partial charge >= 0.3 is 0 Å². The fraction of sp³-hybridized carbons (Fsp3) is 0.278. The number of halogens is 1. The van der Waals surface area contributed by atoms with E-state index < -0.39 is 0 Å². The molecule has 0 radical (unpaired) electrons. The van der Waals surface area contributed by atoms with E-state index in [0.29, 0.717) is 16.9 Å². The predicted octanol–water partition coefficient (Wildman–Crippen LogP) is 4.83. The average Bonchev–Trinajstić information content (AvgIpc) is 2.45. The van der Waals surface area contributed by atoms with Gasteiger partial charge in [-0.15, -0.1) is 0 Å². The van der Waals surface area contributed by atoms with Gasteiger partial charge in [0.2, 0.25) is 0 Å². The van der Waals surface area contributed by atoms with E-state index in [9.17, 15) is 4.79 Å². The van der Waals surface area contributed by atoms with Crippen molar-refractivity contribution in [1.82, 2.24) is 0 Å². The smallest absolute Gasteiger partial charge is 0.196 e. The maximum atomic E-state index is 12.7. The molecular formula is C18H19IO2. The van der Waals surface area contributed by atoms with Gasteiger partial charge in [-0.2, -0.15) is 0 Å².